The van der Waals surface area contributed by atoms with Crippen molar-refractivity contribution < 1.29 is 4.74 Å². The van der Waals surface area contributed by atoms with Gasteiger partial charge in [-0.2, -0.15) is 11.8 Å². The van der Waals surface area contributed by atoms with Crippen LogP contribution in [0.1, 0.15) is 25.5 Å². The largest absolute Gasteiger partial charge is 0.381 e. The Kier molecular flexibility index (Phi) is 10.3. The second-order valence-electron chi connectivity index (χ2n) is 5.88. The van der Waals surface area contributed by atoms with E-state index in [1.807, 2.05) is 29.4 Å². The Morgan fingerprint density at radius 3 is 2.56 bits per heavy atom. The first-order chi connectivity index (χ1) is 11.5. The third kappa shape index (κ3) is 6.37. The van der Waals surface area contributed by atoms with Gasteiger partial charge in [0.25, 0.3) is 0 Å². The molecule has 9 heteroatoms. The Balaban J connectivity index is 0.00000312. The number of nitrogens with zero attached hydrogens (tertiary/aromatic N) is 2. The van der Waals surface area contributed by atoms with Gasteiger partial charge in [0, 0.05) is 43.8 Å². The van der Waals surface area contributed by atoms with E-state index in [-0.39, 0.29) is 28.7 Å². The molecule has 144 valence electrons. The van der Waals surface area contributed by atoms with Gasteiger partial charge >= 0.3 is 0 Å². The minimum Gasteiger partial charge on any atom is -0.381 e. The fourth-order valence-corrected chi connectivity index (χ4v) is 3.89. The van der Waals surface area contributed by atoms with Crippen molar-refractivity contribution >= 4 is 64.9 Å². The lowest BCUT2D eigenvalue weighted by Crippen LogP contribution is -2.47. The van der Waals surface area contributed by atoms with Crippen molar-refractivity contribution in [2.45, 2.75) is 31.1 Å². The molecule has 1 aliphatic heterocycles. The number of aliphatic imine (C=N–C) groups is 1. The fourth-order valence-electron chi connectivity index (χ4n) is 2.68. The van der Waals surface area contributed by atoms with Gasteiger partial charge in [-0.1, -0.05) is 23.2 Å². The van der Waals surface area contributed by atoms with Gasteiger partial charge < -0.3 is 19.9 Å². The molecule has 0 aromatic carbocycles. The number of guanidine groups is 1. The lowest BCUT2D eigenvalue weighted by atomic mass is 9.99. The highest BCUT2D eigenvalue weighted by molar-refractivity contribution is 14.0. The summed E-state index contributed by atoms with van der Waals surface area (Å²) in [6.45, 7) is 5.93. The van der Waals surface area contributed by atoms with Crippen molar-refractivity contribution in [1.29, 1.82) is 0 Å². The minimum absolute atomic E-state index is 0. The first-order valence-corrected chi connectivity index (χ1v) is 10.1. The van der Waals surface area contributed by atoms with Crippen LogP contribution >= 0.6 is 58.9 Å². The maximum Gasteiger partial charge on any atom is 0.191 e. The topological polar surface area (TPSA) is 50.6 Å². The molecule has 0 radical (unpaired) electrons. The molecule has 25 heavy (non-hydrogen) atoms. The lowest BCUT2D eigenvalue weighted by Gasteiger charge is -2.36. The van der Waals surface area contributed by atoms with Gasteiger partial charge in [-0.25, -0.2) is 4.99 Å². The van der Waals surface area contributed by atoms with Gasteiger partial charge in [0.1, 0.15) is 5.15 Å². The highest BCUT2D eigenvalue weighted by atomic mass is 127. The van der Waals surface area contributed by atoms with Crippen LogP contribution in [0, 0.1) is 0 Å². The number of rotatable bonds is 6. The summed E-state index contributed by atoms with van der Waals surface area (Å²) in [4.78, 5) is 4.66. The molecular formula is C16H27Cl2IN4OS. The Morgan fingerprint density at radius 1 is 1.36 bits per heavy atom. The van der Waals surface area contributed by atoms with Gasteiger partial charge in [0.2, 0.25) is 0 Å². The summed E-state index contributed by atoms with van der Waals surface area (Å²) in [7, 11) is 1.89. The number of halogens is 3. The Hall–Kier alpha value is 0.170. The molecule has 0 bridgehead atoms. The van der Waals surface area contributed by atoms with E-state index in [0.717, 1.165) is 50.8 Å². The van der Waals surface area contributed by atoms with Crippen LogP contribution in [0.3, 0.4) is 0 Å². The molecule has 2 heterocycles. The molecule has 0 amide bonds. The van der Waals surface area contributed by atoms with Crippen LogP contribution in [0.2, 0.25) is 10.2 Å². The quantitative estimate of drug-likeness (QED) is 0.339. The van der Waals surface area contributed by atoms with Crippen molar-refractivity contribution in [2.24, 2.45) is 12.0 Å². The molecule has 1 aliphatic rings. The number of hydrogen-bond acceptors (Lipinski definition) is 3. The number of ether oxygens (including phenoxy) is 1. The van der Waals surface area contributed by atoms with E-state index in [2.05, 4.69) is 28.8 Å². The van der Waals surface area contributed by atoms with Crippen LogP contribution in [-0.2, 0) is 18.3 Å². The number of nitrogens with one attached hydrogen (secondary N) is 2. The first kappa shape index (κ1) is 23.2. The van der Waals surface area contributed by atoms with E-state index < -0.39 is 0 Å². The van der Waals surface area contributed by atoms with Crippen molar-refractivity contribution in [3.05, 3.63) is 21.9 Å². The van der Waals surface area contributed by atoms with Crippen LogP contribution < -0.4 is 10.6 Å². The van der Waals surface area contributed by atoms with Crippen LogP contribution in [0.4, 0.5) is 0 Å². The molecule has 2 rings (SSSR count). The van der Waals surface area contributed by atoms with E-state index in [9.17, 15) is 0 Å². The van der Waals surface area contributed by atoms with E-state index in [1.54, 1.807) is 0 Å². The van der Waals surface area contributed by atoms with Crippen LogP contribution in [-0.4, -0.2) is 47.8 Å². The molecule has 0 aliphatic carbocycles. The zero-order valence-electron chi connectivity index (χ0n) is 14.9. The average molecular weight is 521 g/mol. The molecule has 0 unspecified atom stereocenters. The molecule has 1 aromatic heterocycles. The minimum atomic E-state index is 0. The van der Waals surface area contributed by atoms with E-state index in [1.165, 1.54) is 0 Å². The smallest absolute Gasteiger partial charge is 0.191 e. The molecular weight excluding hydrogens is 494 g/mol. The molecule has 0 atom stereocenters. The van der Waals surface area contributed by atoms with Gasteiger partial charge in [0.15, 0.2) is 5.96 Å². The summed E-state index contributed by atoms with van der Waals surface area (Å²) in [6, 6.07) is 1.86. The van der Waals surface area contributed by atoms with Crippen LogP contribution in [0.25, 0.3) is 0 Å². The molecule has 2 N–H and O–H groups in total. The average Bonchev–Trinajstić information content (AvgIpc) is 2.85. The summed E-state index contributed by atoms with van der Waals surface area (Å²) in [5.41, 5.74) is 0.979. The highest BCUT2D eigenvalue weighted by Crippen LogP contribution is 2.33. The molecule has 0 spiro atoms. The Morgan fingerprint density at radius 2 is 2.04 bits per heavy atom. The number of hydrogen-bond donors (Lipinski definition) is 2. The predicted octanol–water partition coefficient (Wildman–Crippen LogP) is 3.92. The second-order valence-corrected chi connectivity index (χ2v) is 7.92. The summed E-state index contributed by atoms with van der Waals surface area (Å²) in [5, 5.41) is 7.88. The van der Waals surface area contributed by atoms with Crippen molar-refractivity contribution in [1.82, 2.24) is 15.2 Å². The molecule has 1 aromatic rings. The first-order valence-electron chi connectivity index (χ1n) is 8.16. The molecule has 1 fully saturated rings. The normalized spacial score (nSPS) is 17.1. The number of aromatic nitrogens is 1. The molecule has 1 saturated heterocycles. The summed E-state index contributed by atoms with van der Waals surface area (Å²) in [6.07, 6.45) is 4.29. The fraction of sp³-hybridized carbons (Fsp3) is 0.688. The van der Waals surface area contributed by atoms with Crippen molar-refractivity contribution in [3.8, 4) is 0 Å². The zero-order valence-corrected chi connectivity index (χ0v) is 19.6. The monoisotopic (exact) mass is 520 g/mol. The van der Waals surface area contributed by atoms with Gasteiger partial charge in [0.05, 0.1) is 11.6 Å². The zero-order chi connectivity index (χ0) is 17.6. The van der Waals surface area contributed by atoms with E-state index in [0.29, 0.717) is 16.7 Å². The Labute approximate surface area is 181 Å². The van der Waals surface area contributed by atoms with Gasteiger partial charge in [-0.05, 0) is 32.1 Å². The van der Waals surface area contributed by atoms with E-state index in [4.69, 9.17) is 27.9 Å². The van der Waals surface area contributed by atoms with Gasteiger partial charge in [-0.15, -0.1) is 24.0 Å². The van der Waals surface area contributed by atoms with Crippen LogP contribution in [0.5, 0.6) is 0 Å². The molecule has 0 saturated carbocycles. The summed E-state index contributed by atoms with van der Waals surface area (Å²) >= 11 is 14.1. The summed E-state index contributed by atoms with van der Waals surface area (Å²) < 4.78 is 7.57. The van der Waals surface area contributed by atoms with Crippen molar-refractivity contribution in [3.63, 3.8) is 0 Å². The third-order valence-electron chi connectivity index (χ3n) is 4.37. The van der Waals surface area contributed by atoms with Gasteiger partial charge in [-0.3, -0.25) is 0 Å². The Bertz CT molecular complexity index is 577. The second kappa shape index (κ2) is 11.1. The highest BCUT2D eigenvalue weighted by Gasteiger charge is 2.31. The third-order valence-corrected chi connectivity index (χ3v) is 6.63. The van der Waals surface area contributed by atoms with Crippen LogP contribution in [0.15, 0.2) is 11.1 Å². The lowest BCUT2D eigenvalue weighted by molar-refractivity contribution is 0.0783. The SMILES string of the molecule is CCNC(=NCc1cc(Cl)c(Cl)n1C)NCC1(SC)CCOCC1.I. The molecule has 5 nitrogen and oxygen atoms in total. The van der Waals surface area contributed by atoms with Crippen molar-refractivity contribution in [2.75, 3.05) is 32.6 Å². The standard InChI is InChI=1S/C16H26Cl2N4OS.HI/c1-4-19-15(20-10-12-9-13(17)14(18)22(12)2)21-11-16(24-3)5-7-23-8-6-16;/h9H,4-8,10-11H2,1-3H3,(H2,19,20,21);1H. The maximum atomic E-state index is 6.11. The predicted molar refractivity (Wildman–Crippen MR) is 120 cm³/mol. The van der Waals surface area contributed by atoms with E-state index >= 15 is 0 Å². The maximum absolute atomic E-state index is 6.11. The summed E-state index contributed by atoms with van der Waals surface area (Å²) in [5.74, 6) is 0.811. The number of thioether (sulfide) groups is 1.